The minimum atomic E-state index is -0.376. The molecule has 4 rings (SSSR count). The Labute approximate surface area is 249 Å². The summed E-state index contributed by atoms with van der Waals surface area (Å²) >= 11 is 0. The first kappa shape index (κ1) is 31.2. The summed E-state index contributed by atoms with van der Waals surface area (Å²) in [5.74, 6) is 0.401. The second-order valence-corrected chi connectivity index (χ2v) is 12.3. The Morgan fingerprint density at radius 1 is 1.02 bits per heavy atom. The van der Waals surface area contributed by atoms with Crippen molar-refractivity contribution in [2.45, 2.75) is 103 Å². The first-order valence-electron chi connectivity index (χ1n) is 16.3. The highest BCUT2D eigenvalue weighted by atomic mass is 16.1. The third-order valence-corrected chi connectivity index (χ3v) is 9.64. The zero-order valence-corrected chi connectivity index (χ0v) is 25.9. The number of aromatic nitrogens is 1. The van der Waals surface area contributed by atoms with Gasteiger partial charge in [-0.15, -0.1) is 13.2 Å². The maximum absolute atomic E-state index is 12.3. The monoisotopic (exact) mass is 558 g/mol. The molecule has 2 aliphatic rings. The van der Waals surface area contributed by atoms with Crippen LogP contribution in [0, 0.1) is 5.92 Å². The van der Waals surface area contributed by atoms with Crippen LogP contribution in [0.5, 0.6) is 0 Å². The molecule has 3 heterocycles. The van der Waals surface area contributed by atoms with Gasteiger partial charge in [-0.1, -0.05) is 51.5 Å². The average molecular weight is 559 g/mol. The zero-order valence-electron chi connectivity index (χ0n) is 25.9. The Morgan fingerprint density at radius 3 is 2.29 bits per heavy atom. The molecule has 0 bridgehead atoms. The summed E-state index contributed by atoms with van der Waals surface area (Å²) in [5.41, 5.74) is 11.5. The molecule has 2 aliphatic heterocycles. The fourth-order valence-electron chi connectivity index (χ4n) is 7.52. The number of benzene rings is 1. The maximum Gasteiger partial charge on any atom is 0.248 e. The van der Waals surface area contributed by atoms with E-state index in [0.29, 0.717) is 11.5 Å². The smallest absolute Gasteiger partial charge is 0.248 e. The molecule has 2 N–H and O–H groups in total. The molecule has 2 fully saturated rings. The van der Waals surface area contributed by atoms with E-state index in [-0.39, 0.29) is 11.8 Å². The number of rotatable bonds is 16. The van der Waals surface area contributed by atoms with Crippen molar-refractivity contribution in [3.8, 4) is 0 Å². The predicted molar refractivity (Wildman–Crippen MR) is 174 cm³/mol. The number of nitrogens with two attached hydrogens (primary N) is 1. The molecule has 0 aliphatic carbocycles. The summed E-state index contributed by atoms with van der Waals surface area (Å²) < 4.78 is 2.49. The SMILES string of the molecule is C=CCC[C@@H](Cn1c(CC=C)c(C(CCC)CCC)c2ccc(C(N)=O)cc21)C(=C)N1CCC(N2CCCC2)CC1. The van der Waals surface area contributed by atoms with Gasteiger partial charge in [0.1, 0.15) is 0 Å². The lowest BCUT2D eigenvalue weighted by Gasteiger charge is -2.40. The van der Waals surface area contributed by atoms with Crippen molar-refractivity contribution >= 4 is 16.8 Å². The summed E-state index contributed by atoms with van der Waals surface area (Å²) in [4.78, 5) is 17.5. The first-order valence-corrected chi connectivity index (χ1v) is 16.3. The Hall–Kier alpha value is -2.79. The van der Waals surface area contributed by atoms with Crippen molar-refractivity contribution in [2.75, 3.05) is 26.2 Å². The normalized spacial score (nSPS) is 17.4. The molecule has 2 aromatic rings. The van der Waals surface area contributed by atoms with Crippen molar-refractivity contribution in [2.24, 2.45) is 11.7 Å². The average Bonchev–Trinajstić information content (AvgIpc) is 3.62. The van der Waals surface area contributed by atoms with Gasteiger partial charge >= 0.3 is 0 Å². The molecule has 41 heavy (non-hydrogen) atoms. The largest absolute Gasteiger partial charge is 0.375 e. The fraction of sp³-hybridized carbons (Fsp3) is 0.583. The lowest BCUT2D eigenvalue weighted by atomic mass is 9.87. The van der Waals surface area contributed by atoms with Crippen LogP contribution >= 0.6 is 0 Å². The van der Waals surface area contributed by atoms with E-state index in [4.69, 9.17) is 12.3 Å². The number of carbonyl (C=O) groups excluding carboxylic acids is 1. The quantitative estimate of drug-likeness (QED) is 0.214. The van der Waals surface area contributed by atoms with Crippen LogP contribution in [0.2, 0.25) is 0 Å². The number of nitrogens with zero attached hydrogens (tertiary/aromatic N) is 3. The molecule has 0 unspecified atom stereocenters. The lowest BCUT2D eigenvalue weighted by molar-refractivity contribution is 0.100. The highest BCUT2D eigenvalue weighted by molar-refractivity contribution is 5.98. The predicted octanol–water partition coefficient (Wildman–Crippen LogP) is 7.81. The van der Waals surface area contributed by atoms with Gasteiger partial charge in [-0.25, -0.2) is 0 Å². The van der Waals surface area contributed by atoms with E-state index in [0.717, 1.165) is 76.1 Å². The summed E-state index contributed by atoms with van der Waals surface area (Å²) in [6.07, 6.45) is 16.6. The van der Waals surface area contributed by atoms with Gasteiger partial charge in [-0.2, -0.15) is 0 Å². The minimum Gasteiger partial charge on any atom is -0.375 e. The van der Waals surface area contributed by atoms with Crippen LogP contribution in [0.4, 0.5) is 0 Å². The number of primary amides is 1. The Balaban J connectivity index is 1.71. The van der Waals surface area contributed by atoms with Gasteiger partial charge in [-0.05, 0) is 88.1 Å². The molecule has 224 valence electrons. The van der Waals surface area contributed by atoms with Crippen molar-refractivity contribution in [3.05, 3.63) is 72.6 Å². The van der Waals surface area contributed by atoms with Crippen LogP contribution in [0.1, 0.15) is 106 Å². The van der Waals surface area contributed by atoms with Crippen LogP contribution in [0.25, 0.3) is 10.9 Å². The van der Waals surface area contributed by atoms with Crippen LogP contribution in [0.15, 0.2) is 55.8 Å². The number of fused-ring (bicyclic) bond motifs is 1. The minimum absolute atomic E-state index is 0.288. The van der Waals surface area contributed by atoms with E-state index in [1.54, 1.807) is 0 Å². The van der Waals surface area contributed by atoms with E-state index < -0.39 is 0 Å². The summed E-state index contributed by atoms with van der Waals surface area (Å²) in [7, 11) is 0. The number of amides is 1. The van der Waals surface area contributed by atoms with Gasteiger partial charge < -0.3 is 20.1 Å². The third kappa shape index (κ3) is 7.17. The van der Waals surface area contributed by atoms with Crippen LogP contribution in [-0.2, 0) is 13.0 Å². The van der Waals surface area contributed by atoms with Gasteiger partial charge in [0.05, 0.1) is 0 Å². The number of carbonyl (C=O) groups is 1. The molecular formula is C36H54N4O. The Bertz CT molecular complexity index is 1190. The van der Waals surface area contributed by atoms with Crippen molar-refractivity contribution in [1.29, 1.82) is 0 Å². The van der Waals surface area contributed by atoms with Crippen molar-refractivity contribution in [3.63, 3.8) is 0 Å². The molecule has 0 radical (unpaired) electrons. The number of hydrogen-bond donors (Lipinski definition) is 1. The Kier molecular flexibility index (Phi) is 11.3. The summed E-state index contributed by atoms with van der Waals surface area (Å²) in [6.45, 7) is 23.0. The number of likely N-dealkylation sites (tertiary alicyclic amines) is 2. The molecule has 5 heteroatoms. The summed E-state index contributed by atoms with van der Waals surface area (Å²) in [5, 5.41) is 1.26. The topological polar surface area (TPSA) is 54.5 Å². The van der Waals surface area contributed by atoms with Gasteiger partial charge in [-0.3, -0.25) is 4.79 Å². The van der Waals surface area contributed by atoms with Crippen LogP contribution in [-0.4, -0.2) is 52.5 Å². The molecule has 1 amide bonds. The van der Waals surface area contributed by atoms with Gasteiger partial charge in [0, 0.05) is 65.9 Å². The number of piperidine rings is 1. The van der Waals surface area contributed by atoms with E-state index >= 15 is 0 Å². The van der Waals surface area contributed by atoms with E-state index in [2.05, 4.69) is 47.4 Å². The van der Waals surface area contributed by atoms with E-state index in [1.807, 2.05) is 24.3 Å². The highest BCUT2D eigenvalue weighted by Gasteiger charge is 2.30. The van der Waals surface area contributed by atoms with Gasteiger partial charge in [0.2, 0.25) is 5.91 Å². The Morgan fingerprint density at radius 2 is 1.71 bits per heavy atom. The maximum atomic E-state index is 12.3. The fourth-order valence-corrected chi connectivity index (χ4v) is 7.52. The molecule has 1 aromatic carbocycles. The number of hydrogen-bond acceptors (Lipinski definition) is 3. The standard InChI is InChI=1S/C36H54N4O/c1-6-10-16-30(27(5)38-23-19-31(20-24-38)39-21-11-12-22-39)26-40-33(15-9-4)35(28(13-7-2)14-8-3)32-18-17-29(36(37)41)25-34(32)40/h6,9,17-18,25,28,30-31H,1,4-5,7-8,10-16,19-24,26H2,2-3H3,(H2,37,41)/t30-/m0/s1. The first-order chi connectivity index (χ1) is 19.9. The molecule has 1 atom stereocenters. The van der Waals surface area contributed by atoms with E-state index in [1.165, 1.54) is 61.1 Å². The van der Waals surface area contributed by atoms with Crippen LogP contribution in [0.3, 0.4) is 0 Å². The molecule has 2 saturated heterocycles. The molecular weight excluding hydrogens is 504 g/mol. The summed E-state index contributed by atoms with van der Waals surface area (Å²) in [6, 6.07) is 6.80. The molecule has 1 aromatic heterocycles. The molecule has 0 spiro atoms. The molecule has 5 nitrogen and oxygen atoms in total. The number of allylic oxidation sites excluding steroid dienone is 3. The zero-order chi connectivity index (χ0) is 29.4. The van der Waals surface area contributed by atoms with E-state index in [9.17, 15) is 4.79 Å². The van der Waals surface area contributed by atoms with Crippen molar-refractivity contribution in [1.82, 2.24) is 14.4 Å². The second-order valence-electron chi connectivity index (χ2n) is 12.3. The third-order valence-electron chi connectivity index (χ3n) is 9.64. The second kappa shape index (κ2) is 14.9. The molecule has 0 saturated carbocycles. The van der Waals surface area contributed by atoms with Gasteiger partial charge in [0.25, 0.3) is 0 Å². The van der Waals surface area contributed by atoms with Crippen LogP contribution < -0.4 is 5.73 Å². The van der Waals surface area contributed by atoms with Gasteiger partial charge in [0.15, 0.2) is 0 Å². The highest BCUT2D eigenvalue weighted by Crippen LogP contribution is 2.39. The lowest BCUT2D eigenvalue weighted by Crippen LogP contribution is -2.44. The van der Waals surface area contributed by atoms with Crippen molar-refractivity contribution < 1.29 is 4.79 Å².